The number of fused-ring (bicyclic) bond motifs is 7. The predicted octanol–water partition coefficient (Wildman–Crippen LogP) is 9.71. The Morgan fingerprint density at radius 1 is 0.556 bits per heavy atom. The first-order valence-corrected chi connectivity index (χ1v) is 15.5. The first-order chi connectivity index (χ1) is 22.3. The summed E-state index contributed by atoms with van der Waals surface area (Å²) in [5.74, 6) is 2.31. The first-order valence-electron chi connectivity index (χ1n) is 15.5. The second-order valence-electron chi connectivity index (χ2n) is 11.7. The summed E-state index contributed by atoms with van der Waals surface area (Å²) in [5.41, 5.74) is 7.64. The molecule has 45 heavy (non-hydrogen) atoms. The van der Waals surface area contributed by atoms with Crippen molar-refractivity contribution < 1.29 is 0 Å². The third-order valence-electron chi connectivity index (χ3n) is 9.03. The minimum absolute atomic E-state index is 0.305. The zero-order valence-corrected chi connectivity index (χ0v) is 24.8. The molecule has 5 heteroatoms. The van der Waals surface area contributed by atoms with Crippen LogP contribution >= 0.6 is 0 Å². The van der Waals surface area contributed by atoms with Gasteiger partial charge in [-0.2, -0.15) is 9.97 Å². The molecule has 1 aliphatic carbocycles. The predicted molar refractivity (Wildman–Crippen MR) is 185 cm³/mol. The Morgan fingerprint density at radius 3 is 1.82 bits per heavy atom. The fourth-order valence-corrected chi connectivity index (χ4v) is 6.90. The van der Waals surface area contributed by atoms with Crippen LogP contribution < -0.4 is 0 Å². The molecular formula is C40H29N5. The second kappa shape index (κ2) is 10.1. The first kappa shape index (κ1) is 25.7. The lowest BCUT2D eigenvalue weighted by molar-refractivity contribution is 0.744. The van der Waals surface area contributed by atoms with Crippen LogP contribution in [0, 0.1) is 5.92 Å². The second-order valence-corrected chi connectivity index (χ2v) is 11.7. The van der Waals surface area contributed by atoms with Crippen molar-refractivity contribution >= 4 is 49.2 Å². The van der Waals surface area contributed by atoms with Crippen LogP contribution in [0.3, 0.4) is 0 Å². The number of rotatable bonds is 4. The van der Waals surface area contributed by atoms with Crippen molar-refractivity contribution in [3.63, 3.8) is 0 Å². The van der Waals surface area contributed by atoms with Crippen molar-refractivity contribution in [3.8, 4) is 23.0 Å². The molecule has 5 aromatic carbocycles. The summed E-state index contributed by atoms with van der Waals surface area (Å²) in [6.45, 7) is 2.24. The van der Waals surface area contributed by atoms with Crippen molar-refractivity contribution in [1.82, 2.24) is 24.1 Å². The molecule has 0 spiro atoms. The lowest BCUT2D eigenvalue weighted by Gasteiger charge is -2.18. The number of benzene rings is 5. The molecule has 0 fully saturated rings. The highest BCUT2D eigenvalue weighted by molar-refractivity contribution is 6.23. The lowest BCUT2D eigenvalue weighted by atomic mass is 9.93. The van der Waals surface area contributed by atoms with Crippen LogP contribution in [0.2, 0.25) is 0 Å². The zero-order valence-electron chi connectivity index (χ0n) is 24.8. The number of para-hydroxylation sites is 3. The minimum Gasteiger partial charge on any atom is -0.307 e. The molecule has 0 amide bonds. The summed E-state index contributed by atoms with van der Waals surface area (Å²) in [5, 5.41) is 4.73. The SMILES string of the molecule is CC1CC=CC=C1c1nc(-c2ccccc2)nc(-n2c3ccccc3c3ccc4c5ccccc5n(-c5ccccc5)c4c32)n1. The van der Waals surface area contributed by atoms with Crippen LogP contribution in [0.15, 0.2) is 140 Å². The quantitative estimate of drug-likeness (QED) is 0.209. The average molecular weight is 580 g/mol. The number of nitrogens with zero attached hydrogens (tertiary/aromatic N) is 5. The van der Waals surface area contributed by atoms with Crippen LogP contribution in [0.5, 0.6) is 0 Å². The molecule has 214 valence electrons. The maximum atomic E-state index is 5.27. The fourth-order valence-electron chi connectivity index (χ4n) is 6.90. The van der Waals surface area contributed by atoms with Gasteiger partial charge in [0.2, 0.25) is 5.95 Å². The van der Waals surface area contributed by atoms with E-state index in [1.165, 1.54) is 10.8 Å². The van der Waals surface area contributed by atoms with Crippen molar-refractivity contribution in [3.05, 3.63) is 145 Å². The Kier molecular flexibility index (Phi) is 5.78. The summed E-state index contributed by atoms with van der Waals surface area (Å²) in [4.78, 5) is 15.6. The molecule has 5 nitrogen and oxygen atoms in total. The van der Waals surface area contributed by atoms with E-state index in [0.29, 0.717) is 17.7 Å². The highest BCUT2D eigenvalue weighted by Gasteiger charge is 2.24. The van der Waals surface area contributed by atoms with E-state index in [9.17, 15) is 0 Å². The molecule has 1 unspecified atom stereocenters. The highest BCUT2D eigenvalue weighted by atomic mass is 15.2. The van der Waals surface area contributed by atoms with Gasteiger partial charge in [-0.05, 0) is 36.6 Å². The molecule has 0 saturated heterocycles. The van der Waals surface area contributed by atoms with Crippen molar-refractivity contribution in [1.29, 1.82) is 0 Å². The normalized spacial score (nSPS) is 15.0. The molecule has 0 bridgehead atoms. The van der Waals surface area contributed by atoms with E-state index in [4.69, 9.17) is 15.0 Å². The van der Waals surface area contributed by atoms with Crippen LogP contribution in [0.25, 0.3) is 72.2 Å². The summed E-state index contributed by atoms with van der Waals surface area (Å²) in [6, 6.07) is 42.6. The standard InChI is InChI=1S/C40H29N5/c1-26-14-8-9-19-29(26)39-41-38(27-15-4-2-5-16-27)42-40(43-39)45-35-23-13-11-21-31(35)33-25-24-32-30-20-10-12-22-34(30)44(36(32)37(33)45)28-17-6-3-7-18-28/h2-13,15-26H,14H2,1H3. The molecule has 3 heterocycles. The van der Waals surface area contributed by atoms with Gasteiger partial charge in [0.05, 0.1) is 22.1 Å². The Balaban J connectivity index is 1.46. The Hall–Kier alpha value is -5.81. The van der Waals surface area contributed by atoms with E-state index >= 15 is 0 Å². The minimum atomic E-state index is 0.305. The third-order valence-corrected chi connectivity index (χ3v) is 9.03. The largest absolute Gasteiger partial charge is 0.307 e. The molecule has 8 aromatic rings. The van der Waals surface area contributed by atoms with Gasteiger partial charge in [-0.3, -0.25) is 4.57 Å². The van der Waals surface area contributed by atoms with Gasteiger partial charge in [0, 0.05) is 38.4 Å². The average Bonchev–Trinajstić information content (AvgIpc) is 3.62. The zero-order chi connectivity index (χ0) is 29.9. The van der Waals surface area contributed by atoms with Crippen molar-refractivity contribution in [2.75, 3.05) is 0 Å². The van der Waals surface area contributed by atoms with Crippen LogP contribution in [-0.2, 0) is 0 Å². The number of aromatic nitrogens is 5. The maximum Gasteiger partial charge on any atom is 0.238 e. The van der Waals surface area contributed by atoms with E-state index < -0.39 is 0 Å². The Bertz CT molecular complexity index is 2460. The van der Waals surface area contributed by atoms with Gasteiger partial charge >= 0.3 is 0 Å². The molecule has 1 aliphatic rings. The lowest BCUT2D eigenvalue weighted by Crippen LogP contribution is -2.11. The van der Waals surface area contributed by atoms with E-state index in [-0.39, 0.29) is 0 Å². The molecule has 0 N–H and O–H groups in total. The Morgan fingerprint density at radius 2 is 1.13 bits per heavy atom. The number of allylic oxidation sites excluding steroid dienone is 4. The van der Waals surface area contributed by atoms with E-state index in [0.717, 1.165) is 61.9 Å². The van der Waals surface area contributed by atoms with E-state index in [2.05, 4.69) is 137 Å². The highest BCUT2D eigenvalue weighted by Crippen LogP contribution is 2.41. The molecule has 0 radical (unpaired) electrons. The maximum absolute atomic E-state index is 5.27. The van der Waals surface area contributed by atoms with Gasteiger partial charge in [-0.15, -0.1) is 0 Å². The summed E-state index contributed by atoms with van der Waals surface area (Å²) in [7, 11) is 0. The fraction of sp³-hybridized carbons (Fsp3) is 0.0750. The molecule has 0 saturated carbocycles. The molecular weight excluding hydrogens is 550 g/mol. The van der Waals surface area contributed by atoms with Crippen LogP contribution in [0.4, 0.5) is 0 Å². The molecule has 9 rings (SSSR count). The topological polar surface area (TPSA) is 48.5 Å². The van der Waals surface area contributed by atoms with Crippen molar-refractivity contribution in [2.45, 2.75) is 13.3 Å². The smallest absolute Gasteiger partial charge is 0.238 e. The number of hydrogen-bond acceptors (Lipinski definition) is 3. The van der Waals surface area contributed by atoms with Gasteiger partial charge in [-0.25, -0.2) is 4.98 Å². The molecule has 3 aromatic heterocycles. The van der Waals surface area contributed by atoms with Gasteiger partial charge in [0.1, 0.15) is 0 Å². The monoisotopic (exact) mass is 579 g/mol. The van der Waals surface area contributed by atoms with Gasteiger partial charge in [-0.1, -0.05) is 122 Å². The van der Waals surface area contributed by atoms with Gasteiger partial charge < -0.3 is 4.57 Å². The molecule has 1 atom stereocenters. The van der Waals surface area contributed by atoms with E-state index in [1.54, 1.807) is 0 Å². The Labute approximate surface area is 260 Å². The number of hydrogen-bond donors (Lipinski definition) is 0. The van der Waals surface area contributed by atoms with Crippen LogP contribution in [-0.4, -0.2) is 24.1 Å². The van der Waals surface area contributed by atoms with E-state index in [1.807, 2.05) is 18.2 Å². The van der Waals surface area contributed by atoms with Gasteiger partial charge in [0.15, 0.2) is 11.6 Å². The third kappa shape index (κ3) is 3.97. The summed E-state index contributed by atoms with van der Waals surface area (Å²) < 4.78 is 4.64. The summed E-state index contributed by atoms with van der Waals surface area (Å²) in [6.07, 6.45) is 7.43. The van der Waals surface area contributed by atoms with Gasteiger partial charge in [0.25, 0.3) is 0 Å². The molecule has 0 aliphatic heterocycles. The van der Waals surface area contributed by atoms with Crippen molar-refractivity contribution in [2.24, 2.45) is 5.92 Å². The van der Waals surface area contributed by atoms with Crippen LogP contribution in [0.1, 0.15) is 19.2 Å². The summed E-state index contributed by atoms with van der Waals surface area (Å²) >= 11 is 0.